The maximum Gasteiger partial charge on any atom is 0.334 e. The summed E-state index contributed by atoms with van der Waals surface area (Å²) in [6.07, 6.45) is 5.01. The average molecular weight is 270 g/mol. The highest BCUT2D eigenvalue weighted by Crippen LogP contribution is 2.20. The third-order valence-electron chi connectivity index (χ3n) is 3.35. The normalized spacial score (nSPS) is 22.4. The summed E-state index contributed by atoms with van der Waals surface area (Å²) in [6.45, 7) is 0.938. The van der Waals surface area contributed by atoms with Gasteiger partial charge in [-0.3, -0.25) is 0 Å². The van der Waals surface area contributed by atoms with Crippen molar-refractivity contribution in [2.75, 3.05) is 13.2 Å². The molecule has 1 aromatic rings. The van der Waals surface area contributed by atoms with Crippen molar-refractivity contribution in [2.45, 2.75) is 12.8 Å². The SMILES string of the molecule is O=C1OCCC1=Cc1ccc(C=C2CCOC2=O)cc1. The molecule has 0 bridgehead atoms. The van der Waals surface area contributed by atoms with E-state index in [0.717, 1.165) is 11.1 Å². The Bertz CT molecular complexity index is 553. The predicted molar refractivity (Wildman–Crippen MR) is 73.5 cm³/mol. The molecule has 0 atom stereocenters. The van der Waals surface area contributed by atoms with Crippen LogP contribution in [0, 0.1) is 0 Å². The lowest BCUT2D eigenvalue weighted by Gasteiger charge is -1.98. The Labute approximate surface area is 116 Å². The van der Waals surface area contributed by atoms with Gasteiger partial charge in [0.05, 0.1) is 13.2 Å². The van der Waals surface area contributed by atoms with Crippen LogP contribution in [0.1, 0.15) is 24.0 Å². The van der Waals surface area contributed by atoms with Gasteiger partial charge >= 0.3 is 11.9 Å². The Balaban J connectivity index is 1.78. The van der Waals surface area contributed by atoms with Gasteiger partial charge in [-0.1, -0.05) is 24.3 Å². The highest BCUT2D eigenvalue weighted by Gasteiger charge is 2.19. The summed E-state index contributed by atoms with van der Waals surface area (Å²) < 4.78 is 9.79. The molecule has 2 fully saturated rings. The van der Waals surface area contributed by atoms with Gasteiger partial charge in [0.25, 0.3) is 0 Å². The quantitative estimate of drug-likeness (QED) is 0.611. The van der Waals surface area contributed by atoms with Crippen LogP contribution in [-0.2, 0) is 19.1 Å². The fourth-order valence-corrected chi connectivity index (χ4v) is 2.25. The first kappa shape index (κ1) is 12.7. The molecule has 0 aliphatic carbocycles. The molecule has 2 saturated heterocycles. The van der Waals surface area contributed by atoms with Crippen LogP contribution in [0.5, 0.6) is 0 Å². The second kappa shape index (κ2) is 5.33. The lowest BCUT2D eigenvalue weighted by molar-refractivity contribution is -0.135. The lowest BCUT2D eigenvalue weighted by atomic mass is 10.1. The molecule has 4 nitrogen and oxygen atoms in total. The predicted octanol–water partition coefficient (Wildman–Crippen LogP) is 2.35. The van der Waals surface area contributed by atoms with Gasteiger partial charge in [0.2, 0.25) is 0 Å². The molecule has 1 aromatic carbocycles. The first-order chi connectivity index (χ1) is 9.72. The van der Waals surface area contributed by atoms with Crippen LogP contribution in [0.3, 0.4) is 0 Å². The minimum Gasteiger partial charge on any atom is -0.462 e. The monoisotopic (exact) mass is 270 g/mol. The smallest absolute Gasteiger partial charge is 0.334 e. The van der Waals surface area contributed by atoms with Gasteiger partial charge < -0.3 is 9.47 Å². The largest absolute Gasteiger partial charge is 0.462 e. The van der Waals surface area contributed by atoms with E-state index in [0.29, 0.717) is 37.2 Å². The average Bonchev–Trinajstić information content (AvgIpc) is 3.02. The summed E-state index contributed by atoms with van der Waals surface area (Å²) in [5.41, 5.74) is 3.32. The van der Waals surface area contributed by atoms with E-state index in [1.165, 1.54) is 0 Å². The minimum atomic E-state index is -0.232. The summed E-state index contributed by atoms with van der Waals surface area (Å²) in [7, 11) is 0. The summed E-state index contributed by atoms with van der Waals surface area (Å²) in [5, 5.41) is 0. The molecule has 20 heavy (non-hydrogen) atoms. The van der Waals surface area contributed by atoms with Crippen LogP contribution in [0.25, 0.3) is 12.2 Å². The molecule has 0 amide bonds. The molecule has 102 valence electrons. The van der Waals surface area contributed by atoms with Crippen molar-refractivity contribution in [2.24, 2.45) is 0 Å². The van der Waals surface area contributed by atoms with Crippen LogP contribution in [-0.4, -0.2) is 25.2 Å². The van der Waals surface area contributed by atoms with Gasteiger partial charge in [-0.05, 0) is 23.3 Å². The van der Waals surface area contributed by atoms with E-state index in [9.17, 15) is 9.59 Å². The van der Waals surface area contributed by atoms with Gasteiger partial charge in [0, 0.05) is 24.0 Å². The number of hydrogen-bond acceptors (Lipinski definition) is 4. The molecule has 3 rings (SSSR count). The van der Waals surface area contributed by atoms with Crippen molar-refractivity contribution in [3.8, 4) is 0 Å². The van der Waals surface area contributed by atoms with Crippen LogP contribution >= 0.6 is 0 Å². The number of esters is 2. The number of carbonyl (C=O) groups is 2. The second-order valence-corrected chi connectivity index (χ2v) is 4.78. The van der Waals surface area contributed by atoms with Crippen LogP contribution in [0.15, 0.2) is 35.4 Å². The number of carbonyl (C=O) groups excluding carboxylic acids is 2. The molecule has 2 heterocycles. The van der Waals surface area contributed by atoms with Crippen molar-refractivity contribution in [1.82, 2.24) is 0 Å². The molecular weight excluding hydrogens is 256 g/mol. The zero-order chi connectivity index (χ0) is 13.9. The number of cyclic esters (lactones) is 2. The molecule has 0 unspecified atom stereocenters. The van der Waals surface area contributed by atoms with E-state index in [2.05, 4.69) is 0 Å². The molecule has 0 saturated carbocycles. The first-order valence-corrected chi connectivity index (χ1v) is 6.58. The van der Waals surface area contributed by atoms with Gasteiger partial charge in [-0.2, -0.15) is 0 Å². The van der Waals surface area contributed by atoms with Crippen molar-refractivity contribution < 1.29 is 19.1 Å². The molecule has 0 aromatic heterocycles. The van der Waals surface area contributed by atoms with E-state index >= 15 is 0 Å². The Morgan fingerprint density at radius 1 is 0.750 bits per heavy atom. The Morgan fingerprint density at radius 3 is 1.45 bits per heavy atom. The highest BCUT2D eigenvalue weighted by atomic mass is 16.5. The standard InChI is InChI=1S/C16H14O4/c17-15-13(5-7-19-15)9-11-1-2-12(4-3-11)10-14-6-8-20-16(14)18/h1-4,9-10H,5-8H2. The van der Waals surface area contributed by atoms with Crippen molar-refractivity contribution in [1.29, 1.82) is 0 Å². The fraction of sp³-hybridized carbons (Fsp3) is 0.250. The summed E-state index contributed by atoms with van der Waals surface area (Å²) >= 11 is 0. The van der Waals surface area contributed by atoms with Gasteiger partial charge in [0.15, 0.2) is 0 Å². The molecular formula is C16H14O4. The molecule has 0 radical (unpaired) electrons. The number of hydrogen-bond donors (Lipinski definition) is 0. The van der Waals surface area contributed by atoms with Crippen LogP contribution in [0.2, 0.25) is 0 Å². The molecule has 2 aliphatic heterocycles. The Hall–Kier alpha value is -2.36. The second-order valence-electron chi connectivity index (χ2n) is 4.78. The molecule has 0 N–H and O–H groups in total. The van der Waals surface area contributed by atoms with Crippen LogP contribution < -0.4 is 0 Å². The van der Waals surface area contributed by atoms with Gasteiger partial charge in [-0.25, -0.2) is 9.59 Å². The third-order valence-corrected chi connectivity index (χ3v) is 3.35. The maximum absolute atomic E-state index is 11.4. The van der Waals surface area contributed by atoms with E-state index < -0.39 is 0 Å². The Morgan fingerprint density at radius 2 is 1.15 bits per heavy atom. The fourth-order valence-electron chi connectivity index (χ4n) is 2.25. The van der Waals surface area contributed by atoms with Crippen LogP contribution in [0.4, 0.5) is 0 Å². The van der Waals surface area contributed by atoms with E-state index in [-0.39, 0.29) is 11.9 Å². The first-order valence-electron chi connectivity index (χ1n) is 6.58. The molecule has 4 heteroatoms. The van der Waals surface area contributed by atoms with Crippen molar-refractivity contribution in [3.05, 3.63) is 46.5 Å². The zero-order valence-electron chi connectivity index (χ0n) is 10.9. The van der Waals surface area contributed by atoms with Crippen molar-refractivity contribution in [3.63, 3.8) is 0 Å². The minimum absolute atomic E-state index is 0.232. The Kier molecular flexibility index (Phi) is 3.37. The van der Waals surface area contributed by atoms with E-state index in [4.69, 9.17) is 9.47 Å². The number of ether oxygens (including phenoxy) is 2. The van der Waals surface area contributed by atoms with Gasteiger partial charge in [0.1, 0.15) is 0 Å². The summed E-state index contributed by atoms with van der Waals surface area (Å²) in [5.74, 6) is -0.463. The van der Waals surface area contributed by atoms with E-state index in [1.54, 1.807) is 0 Å². The topological polar surface area (TPSA) is 52.6 Å². The highest BCUT2D eigenvalue weighted by molar-refractivity contribution is 5.96. The molecule has 2 aliphatic rings. The third kappa shape index (κ3) is 2.64. The van der Waals surface area contributed by atoms with Crippen molar-refractivity contribution >= 4 is 24.1 Å². The zero-order valence-corrected chi connectivity index (χ0v) is 10.9. The van der Waals surface area contributed by atoms with Gasteiger partial charge in [-0.15, -0.1) is 0 Å². The summed E-state index contributed by atoms with van der Waals surface area (Å²) in [6, 6.07) is 7.69. The lowest BCUT2D eigenvalue weighted by Crippen LogP contribution is -1.94. The molecule has 0 spiro atoms. The van der Waals surface area contributed by atoms with E-state index in [1.807, 2.05) is 36.4 Å². The number of benzene rings is 1. The summed E-state index contributed by atoms with van der Waals surface area (Å²) in [4.78, 5) is 22.7. The number of rotatable bonds is 2. The maximum atomic E-state index is 11.4.